The fraction of sp³-hybridized carbons (Fsp3) is 0.500. The van der Waals surface area contributed by atoms with E-state index >= 15 is 0 Å². The SMILES string of the molecule is CC1=C(C(=O)NC2=CC(C(=O)O)(C(C)C)C(Cl)C=C2)SCCO1. The van der Waals surface area contributed by atoms with E-state index < -0.39 is 16.8 Å². The van der Waals surface area contributed by atoms with Gasteiger partial charge < -0.3 is 15.2 Å². The van der Waals surface area contributed by atoms with Crippen molar-refractivity contribution in [3.63, 3.8) is 0 Å². The molecule has 0 saturated carbocycles. The van der Waals surface area contributed by atoms with Crippen LogP contribution in [-0.4, -0.2) is 34.7 Å². The predicted octanol–water partition coefficient (Wildman–Crippen LogP) is 2.89. The van der Waals surface area contributed by atoms with Crippen molar-refractivity contribution in [3.05, 3.63) is 34.6 Å². The number of ether oxygens (including phenoxy) is 1. The Morgan fingerprint density at radius 1 is 1.52 bits per heavy atom. The summed E-state index contributed by atoms with van der Waals surface area (Å²) in [6, 6.07) is 0. The van der Waals surface area contributed by atoms with Gasteiger partial charge in [0.1, 0.15) is 16.1 Å². The van der Waals surface area contributed by atoms with Gasteiger partial charge in [-0.1, -0.05) is 19.9 Å². The number of carbonyl (C=O) groups is 2. The Morgan fingerprint density at radius 3 is 2.78 bits per heavy atom. The van der Waals surface area contributed by atoms with E-state index in [2.05, 4.69) is 5.32 Å². The molecule has 0 bridgehead atoms. The summed E-state index contributed by atoms with van der Waals surface area (Å²) in [6.45, 7) is 5.93. The molecular formula is C16H20ClNO4S. The molecule has 1 aliphatic heterocycles. The van der Waals surface area contributed by atoms with Crippen LogP contribution < -0.4 is 5.32 Å². The van der Waals surface area contributed by atoms with E-state index in [1.165, 1.54) is 11.8 Å². The highest BCUT2D eigenvalue weighted by Crippen LogP contribution is 2.41. The van der Waals surface area contributed by atoms with Crippen LogP contribution in [0, 0.1) is 11.3 Å². The van der Waals surface area contributed by atoms with Crippen LogP contribution in [0.2, 0.25) is 0 Å². The molecule has 0 spiro atoms. The molecule has 0 aromatic heterocycles. The second kappa shape index (κ2) is 7.01. The number of carbonyl (C=O) groups excluding carboxylic acids is 1. The number of thioether (sulfide) groups is 1. The van der Waals surface area contributed by atoms with Crippen LogP contribution in [-0.2, 0) is 14.3 Å². The van der Waals surface area contributed by atoms with Gasteiger partial charge in [-0.15, -0.1) is 23.4 Å². The quantitative estimate of drug-likeness (QED) is 0.757. The maximum atomic E-state index is 12.4. The van der Waals surface area contributed by atoms with Crippen molar-refractivity contribution in [2.75, 3.05) is 12.4 Å². The summed E-state index contributed by atoms with van der Waals surface area (Å²) in [6.07, 6.45) is 4.79. The number of carboxylic acids is 1. The summed E-state index contributed by atoms with van der Waals surface area (Å²) in [5.41, 5.74) is -0.812. The van der Waals surface area contributed by atoms with Gasteiger partial charge in [0.25, 0.3) is 5.91 Å². The molecular weight excluding hydrogens is 338 g/mol. The summed E-state index contributed by atoms with van der Waals surface area (Å²) in [5.74, 6) is -0.229. The molecule has 2 aliphatic rings. The number of amides is 1. The molecule has 126 valence electrons. The Labute approximate surface area is 144 Å². The summed E-state index contributed by atoms with van der Waals surface area (Å²) < 4.78 is 5.38. The zero-order valence-electron chi connectivity index (χ0n) is 13.3. The fourth-order valence-electron chi connectivity index (χ4n) is 2.64. The smallest absolute Gasteiger partial charge is 0.315 e. The molecule has 0 fully saturated rings. The highest BCUT2D eigenvalue weighted by molar-refractivity contribution is 8.04. The maximum absolute atomic E-state index is 12.4. The fourth-order valence-corrected chi connectivity index (χ4v) is 3.94. The van der Waals surface area contributed by atoms with Gasteiger partial charge in [0, 0.05) is 11.4 Å². The van der Waals surface area contributed by atoms with Crippen molar-refractivity contribution >= 4 is 35.2 Å². The highest BCUT2D eigenvalue weighted by atomic mass is 35.5. The third-order valence-corrected chi connectivity index (χ3v) is 5.69. The van der Waals surface area contributed by atoms with Crippen LogP contribution >= 0.6 is 23.4 Å². The van der Waals surface area contributed by atoms with Crippen molar-refractivity contribution < 1.29 is 19.4 Å². The molecule has 2 rings (SSSR count). The van der Waals surface area contributed by atoms with Crippen molar-refractivity contribution in [3.8, 4) is 0 Å². The first-order chi connectivity index (χ1) is 10.8. The monoisotopic (exact) mass is 357 g/mol. The van der Waals surface area contributed by atoms with Crippen LogP contribution in [0.4, 0.5) is 0 Å². The second-order valence-electron chi connectivity index (χ2n) is 5.79. The topological polar surface area (TPSA) is 75.6 Å². The number of hydrogen-bond acceptors (Lipinski definition) is 4. The maximum Gasteiger partial charge on any atom is 0.315 e. The third-order valence-electron chi connectivity index (χ3n) is 4.05. The van der Waals surface area contributed by atoms with Crippen molar-refractivity contribution in [1.82, 2.24) is 5.32 Å². The molecule has 2 N–H and O–H groups in total. The zero-order chi connectivity index (χ0) is 17.2. The van der Waals surface area contributed by atoms with E-state index in [-0.39, 0.29) is 11.8 Å². The van der Waals surface area contributed by atoms with Gasteiger partial charge in [-0.2, -0.15) is 0 Å². The van der Waals surface area contributed by atoms with Crippen LogP contribution in [0.25, 0.3) is 0 Å². The Hall–Kier alpha value is -1.40. The minimum atomic E-state index is -1.25. The molecule has 7 heteroatoms. The number of nitrogens with one attached hydrogen (secondary N) is 1. The second-order valence-corrected chi connectivity index (χ2v) is 7.37. The van der Waals surface area contributed by atoms with Crippen LogP contribution in [0.1, 0.15) is 20.8 Å². The first-order valence-corrected chi connectivity index (χ1v) is 8.77. The zero-order valence-corrected chi connectivity index (χ0v) is 14.8. The first kappa shape index (κ1) is 17.9. The number of rotatable bonds is 4. The number of allylic oxidation sites excluding steroid dienone is 3. The lowest BCUT2D eigenvalue weighted by Crippen LogP contribution is -2.44. The Kier molecular flexibility index (Phi) is 5.47. The third kappa shape index (κ3) is 3.43. The van der Waals surface area contributed by atoms with Gasteiger partial charge in [-0.3, -0.25) is 9.59 Å². The molecule has 2 unspecified atom stereocenters. The van der Waals surface area contributed by atoms with E-state index in [1.54, 1.807) is 39.0 Å². The molecule has 0 saturated heterocycles. The van der Waals surface area contributed by atoms with Gasteiger partial charge in [-0.25, -0.2) is 0 Å². The predicted molar refractivity (Wildman–Crippen MR) is 91.0 cm³/mol. The Balaban J connectivity index is 2.28. The molecule has 1 heterocycles. The van der Waals surface area contributed by atoms with E-state index in [9.17, 15) is 14.7 Å². The molecule has 0 aromatic rings. The summed E-state index contributed by atoms with van der Waals surface area (Å²) >= 11 is 7.67. The average Bonchev–Trinajstić information content (AvgIpc) is 2.48. The molecule has 0 radical (unpaired) electrons. The van der Waals surface area contributed by atoms with Gasteiger partial charge in [0.15, 0.2) is 0 Å². The Bertz CT molecular complexity index is 611. The standard InChI is InChI=1S/C16H20ClNO4S/c1-9(2)16(15(20)21)8-11(4-5-12(16)17)18-14(19)13-10(3)22-6-7-23-13/h4-5,8-9,12H,6-7H2,1-3H3,(H,18,19)(H,20,21). The highest BCUT2D eigenvalue weighted by Gasteiger charge is 2.47. The minimum absolute atomic E-state index is 0.229. The van der Waals surface area contributed by atoms with Crippen molar-refractivity contribution in [2.45, 2.75) is 26.1 Å². The lowest BCUT2D eigenvalue weighted by molar-refractivity contribution is -0.148. The number of carboxylic acid groups (broad SMARTS) is 1. The molecule has 1 amide bonds. The molecule has 2 atom stereocenters. The van der Waals surface area contributed by atoms with Crippen molar-refractivity contribution in [2.24, 2.45) is 11.3 Å². The molecule has 0 aromatic carbocycles. The lowest BCUT2D eigenvalue weighted by Gasteiger charge is -2.36. The summed E-state index contributed by atoms with van der Waals surface area (Å²) in [7, 11) is 0. The van der Waals surface area contributed by atoms with E-state index in [4.69, 9.17) is 16.3 Å². The number of hydrogen-bond donors (Lipinski definition) is 2. The van der Waals surface area contributed by atoms with E-state index in [0.29, 0.717) is 28.7 Å². The lowest BCUT2D eigenvalue weighted by atomic mass is 9.71. The minimum Gasteiger partial charge on any atom is -0.496 e. The number of aliphatic carboxylic acids is 1. The summed E-state index contributed by atoms with van der Waals surface area (Å²) in [5, 5.41) is 11.7. The molecule has 1 aliphatic carbocycles. The summed E-state index contributed by atoms with van der Waals surface area (Å²) in [4.78, 5) is 24.7. The van der Waals surface area contributed by atoms with Gasteiger partial charge in [-0.05, 0) is 25.0 Å². The molecule has 23 heavy (non-hydrogen) atoms. The van der Waals surface area contributed by atoms with Crippen LogP contribution in [0.5, 0.6) is 0 Å². The van der Waals surface area contributed by atoms with Gasteiger partial charge in [0.05, 0.1) is 12.0 Å². The number of halogens is 1. The Morgan fingerprint density at radius 2 is 2.22 bits per heavy atom. The van der Waals surface area contributed by atoms with E-state index in [0.717, 1.165) is 0 Å². The largest absolute Gasteiger partial charge is 0.496 e. The average molecular weight is 358 g/mol. The van der Waals surface area contributed by atoms with Gasteiger partial charge in [0.2, 0.25) is 0 Å². The van der Waals surface area contributed by atoms with Crippen LogP contribution in [0.15, 0.2) is 34.6 Å². The van der Waals surface area contributed by atoms with Crippen molar-refractivity contribution in [1.29, 1.82) is 0 Å². The number of alkyl halides is 1. The normalized spacial score (nSPS) is 27.5. The van der Waals surface area contributed by atoms with Gasteiger partial charge >= 0.3 is 5.97 Å². The van der Waals surface area contributed by atoms with E-state index in [1.807, 2.05) is 0 Å². The van der Waals surface area contributed by atoms with Crippen LogP contribution in [0.3, 0.4) is 0 Å². The first-order valence-electron chi connectivity index (χ1n) is 7.35. The molecule has 5 nitrogen and oxygen atoms in total.